The number of nitrogens with zero attached hydrogens (tertiary/aromatic N) is 1. The van der Waals surface area contributed by atoms with E-state index in [1.807, 2.05) is 18.7 Å². The molecule has 0 saturated carbocycles. The third-order valence-corrected chi connectivity index (χ3v) is 3.17. The number of carbonyl (C=O) groups excluding carboxylic acids is 1. The molecule has 16 heavy (non-hydrogen) atoms. The van der Waals surface area contributed by atoms with Gasteiger partial charge in [0.1, 0.15) is 0 Å². The van der Waals surface area contributed by atoms with Crippen LogP contribution in [-0.4, -0.2) is 36.5 Å². The Kier molecular flexibility index (Phi) is 4.78. The van der Waals surface area contributed by atoms with Crippen LogP contribution < -0.4 is 5.32 Å². The highest BCUT2D eigenvalue weighted by molar-refractivity contribution is 5.82. The van der Waals surface area contributed by atoms with E-state index in [2.05, 4.69) is 19.2 Å². The Morgan fingerprint density at radius 3 is 2.31 bits per heavy atom. The third kappa shape index (κ3) is 3.78. The van der Waals surface area contributed by atoms with Gasteiger partial charge in [0.25, 0.3) is 0 Å². The average Bonchev–Trinajstić information content (AvgIpc) is 2.27. The molecule has 1 heterocycles. The van der Waals surface area contributed by atoms with Gasteiger partial charge in [-0.3, -0.25) is 4.79 Å². The van der Waals surface area contributed by atoms with E-state index in [1.165, 1.54) is 19.3 Å². The van der Waals surface area contributed by atoms with Crippen molar-refractivity contribution in [1.29, 1.82) is 0 Å². The molecule has 1 amide bonds. The maximum atomic E-state index is 12.3. The molecule has 1 rings (SSSR count). The van der Waals surface area contributed by atoms with Crippen molar-refractivity contribution in [2.45, 2.75) is 53.0 Å². The second-order valence-corrected chi connectivity index (χ2v) is 5.77. The van der Waals surface area contributed by atoms with Crippen LogP contribution in [0.3, 0.4) is 0 Å². The maximum absolute atomic E-state index is 12.3. The first-order valence-corrected chi connectivity index (χ1v) is 6.46. The van der Waals surface area contributed by atoms with Crippen LogP contribution in [-0.2, 0) is 4.79 Å². The summed E-state index contributed by atoms with van der Waals surface area (Å²) in [6.07, 6.45) is 3.60. The summed E-state index contributed by atoms with van der Waals surface area (Å²) in [5.41, 5.74) is -0.276. The zero-order valence-corrected chi connectivity index (χ0v) is 11.2. The number of carbonyl (C=O) groups is 1. The van der Waals surface area contributed by atoms with Gasteiger partial charge in [0.05, 0.1) is 5.41 Å². The molecule has 1 N–H and O–H groups in total. The van der Waals surface area contributed by atoms with Gasteiger partial charge in [0.2, 0.25) is 5.91 Å². The van der Waals surface area contributed by atoms with Gasteiger partial charge < -0.3 is 10.2 Å². The zero-order chi connectivity index (χ0) is 12.2. The Morgan fingerprint density at radius 1 is 1.25 bits per heavy atom. The third-order valence-electron chi connectivity index (χ3n) is 3.17. The molecular weight excluding hydrogens is 200 g/mol. The SMILES string of the molecule is CC(C)NCC(C)(C)C(=O)N1CCCCC1. The lowest BCUT2D eigenvalue weighted by Gasteiger charge is -2.34. The number of likely N-dealkylation sites (tertiary alicyclic amines) is 1. The van der Waals surface area contributed by atoms with Crippen molar-refractivity contribution in [2.24, 2.45) is 5.41 Å². The molecule has 3 nitrogen and oxygen atoms in total. The summed E-state index contributed by atoms with van der Waals surface area (Å²) in [6, 6.07) is 0.438. The molecule has 0 atom stereocenters. The number of nitrogens with one attached hydrogen (secondary N) is 1. The van der Waals surface area contributed by atoms with Gasteiger partial charge in [0.15, 0.2) is 0 Å². The fourth-order valence-corrected chi connectivity index (χ4v) is 2.06. The second kappa shape index (κ2) is 5.67. The van der Waals surface area contributed by atoms with Gasteiger partial charge in [-0.1, -0.05) is 13.8 Å². The summed E-state index contributed by atoms with van der Waals surface area (Å²) >= 11 is 0. The predicted molar refractivity (Wildman–Crippen MR) is 67.4 cm³/mol. The summed E-state index contributed by atoms with van der Waals surface area (Å²) in [6.45, 7) is 11.0. The van der Waals surface area contributed by atoms with Crippen LogP contribution in [0, 0.1) is 5.41 Å². The van der Waals surface area contributed by atoms with Crippen LogP contribution in [0.4, 0.5) is 0 Å². The molecule has 1 saturated heterocycles. The first-order valence-electron chi connectivity index (χ1n) is 6.46. The van der Waals surface area contributed by atoms with E-state index in [1.54, 1.807) is 0 Å². The average molecular weight is 226 g/mol. The first-order chi connectivity index (χ1) is 7.43. The standard InChI is InChI=1S/C13H26N2O/c1-11(2)14-10-13(3,4)12(16)15-8-6-5-7-9-15/h11,14H,5-10H2,1-4H3. The Labute approximate surface area is 99.6 Å². The molecule has 0 radical (unpaired) electrons. The van der Waals surface area contributed by atoms with Crippen LogP contribution in [0.2, 0.25) is 0 Å². The minimum atomic E-state index is -0.276. The van der Waals surface area contributed by atoms with Gasteiger partial charge in [0, 0.05) is 25.7 Å². The van der Waals surface area contributed by atoms with E-state index in [9.17, 15) is 4.79 Å². The molecular formula is C13H26N2O. The van der Waals surface area contributed by atoms with Gasteiger partial charge in [-0.05, 0) is 33.1 Å². The smallest absolute Gasteiger partial charge is 0.229 e. The lowest BCUT2D eigenvalue weighted by Crippen LogP contribution is -2.48. The Balaban J connectivity index is 2.49. The number of rotatable bonds is 4. The molecule has 0 aromatic carbocycles. The van der Waals surface area contributed by atoms with E-state index in [0.717, 1.165) is 19.6 Å². The lowest BCUT2D eigenvalue weighted by molar-refractivity contribution is -0.141. The van der Waals surface area contributed by atoms with Gasteiger partial charge in [-0.25, -0.2) is 0 Å². The fourth-order valence-electron chi connectivity index (χ4n) is 2.06. The molecule has 94 valence electrons. The Morgan fingerprint density at radius 2 is 1.81 bits per heavy atom. The highest BCUT2D eigenvalue weighted by Gasteiger charge is 2.32. The van der Waals surface area contributed by atoms with Gasteiger partial charge in [-0.15, -0.1) is 0 Å². The molecule has 0 spiro atoms. The molecule has 0 aromatic heterocycles. The van der Waals surface area contributed by atoms with Crippen LogP contribution in [0.25, 0.3) is 0 Å². The summed E-state index contributed by atoms with van der Waals surface area (Å²) < 4.78 is 0. The van der Waals surface area contributed by atoms with Gasteiger partial charge in [-0.2, -0.15) is 0 Å². The van der Waals surface area contributed by atoms with E-state index in [0.29, 0.717) is 11.9 Å². The summed E-state index contributed by atoms with van der Waals surface area (Å²) in [5, 5.41) is 3.36. The normalized spacial score (nSPS) is 17.9. The fraction of sp³-hybridized carbons (Fsp3) is 0.923. The molecule has 1 fully saturated rings. The predicted octanol–water partition coefficient (Wildman–Crippen LogP) is 2.02. The highest BCUT2D eigenvalue weighted by Crippen LogP contribution is 2.21. The number of hydrogen-bond donors (Lipinski definition) is 1. The summed E-state index contributed by atoms with van der Waals surface area (Å²) in [4.78, 5) is 14.4. The Bertz CT molecular complexity index is 230. The number of amides is 1. The van der Waals surface area contributed by atoms with E-state index in [4.69, 9.17) is 0 Å². The largest absolute Gasteiger partial charge is 0.342 e. The molecule has 1 aliphatic rings. The van der Waals surface area contributed by atoms with Crippen molar-refractivity contribution in [3.05, 3.63) is 0 Å². The van der Waals surface area contributed by atoms with Crippen molar-refractivity contribution in [3.63, 3.8) is 0 Å². The summed E-state index contributed by atoms with van der Waals surface area (Å²) in [7, 11) is 0. The van der Waals surface area contributed by atoms with Crippen LogP contribution in [0.1, 0.15) is 47.0 Å². The van der Waals surface area contributed by atoms with E-state index >= 15 is 0 Å². The van der Waals surface area contributed by atoms with Crippen molar-refractivity contribution in [3.8, 4) is 0 Å². The summed E-state index contributed by atoms with van der Waals surface area (Å²) in [5.74, 6) is 0.306. The Hall–Kier alpha value is -0.570. The first kappa shape index (κ1) is 13.5. The van der Waals surface area contributed by atoms with Crippen LogP contribution in [0.15, 0.2) is 0 Å². The molecule has 0 unspecified atom stereocenters. The van der Waals surface area contributed by atoms with Crippen LogP contribution >= 0.6 is 0 Å². The van der Waals surface area contributed by atoms with Gasteiger partial charge >= 0.3 is 0 Å². The zero-order valence-electron chi connectivity index (χ0n) is 11.2. The number of hydrogen-bond acceptors (Lipinski definition) is 2. The van der Waals surface area contributed by atoms with Crippen LogP contribution in [0.5, 0.6) is 0 Å². The molecule has 0 aliphatic carbocycles. The van der Waals surface area contributed by atoms with Crippen molar-refractivity contribution in [2.75, 3.05) is 19.6 Å². The lowest BCUT2D eigenvalue weighted by atomic mass is 9.90. The molecule has 3 heteroatoms. The molecule has 0 bridgehead atoms. The highest BCUT2D eigenvalue weighted by atomic mass is 16.2. The van der Waals surface area contributed by atoms with E-state index < -0.39 is 0 Å². The van der Waals surface area contributed by atoms with E-state index in [-0.39, 0.29) is 5.41 Å². The van der Waals surface area contributed by atoms with Crippen molar-refractivity contribution >= 4 is 5.91 Å². The van der Waals surface area contributed by atoms with Crippen molar-refractivity contribution in [1.82, 2.24) is 10.2 Å². The number of piperidine rings is 1. The molecule has 0 aromatic rings. The maximum Gasteiger partial charge on any atom is 0.229 e. The second-order valence-electron chi connectivity index (χ2n) is 5.77. The molecule has 1 aliphatic heterocycles. The minimum Gasteiger partial charge on any atom is -0.342 e. The minimum absolute atomic E-state index is 0.276. The topological polar surface area (TPSA) is 32.3 Å². The van der Waals surface area contributed by atoms with Crippen molar-refractivity contribution < 1.29 is 4.79 Å². The monoisotopic (exact) mass is 226 g/mol. The quantitative estimate of drug-likeness (QED) is 0.795.